The Balaban J connectivity index is 2.23. The van der Waals surface area contributed by atoms with E-state index in [1.807, 2.05) is 12.1 Å². The van der Waals surface area contributed by atoms with Gasteiger partial charge >= 0.3 is 11.9 Å². The molecule has 4 aromatic carbocycles. The van der Waals surface area contributed by atoms with Crippen LogP contribution in [0.4, 0.5) is 0 Å². The first kappa shape index (κ1) is 53.1. The zero-order chi connectivity index (χ0) is 48.3. The van der Waals surface area contributed by atoms with Gasteiger partial charge in [0.1, 0.15) is 23.0 Å². The predicted octanol–water partition coefficient (Wildman–Crippen LogP) is 11.8. The maximum atomic E-state index is 13.3. The number of hydrogen-bond donors (Lipinski definition) is 0. The number of rotatable bonds is 15. The van der Waals surface area contributed by atoms with Crippen LogP contribution in [0.15, 0.2) is 48.5 Å². The summed E-state index contributed by atoms with van der Waals surface area (Å²) in [4.78, 5) is 26.6. The van der Waals surface area contributed by atoms with Crippen molar-refractivity contribution in [1.29, 1.82) is 0 Å². The zero-order valence-electron chi connectivity index (χ0n) is 41.2. The number of carbonyl (C=O) groups is 2. The van der Waals surface area contributed by atoms with E-state index in [0.29, 0.717) is 11.1 Å². The van der Waals surface area contributed by atoms with Gasteiger partial charge in [0.2, 0.25) is 0 Å². The van der Waals surface area contributed by atoms with Crippen LogP contribution in [0, 0.1) is 0 Å². The first-order valence-corrected chi connectivity index (χ1v) is 24.7. The Hall–Kier alpha value is -3.54. The summed E-state index contributed by atoms with van der Waals surface area (Å²) in [6.07, 6.45) is -2.07. The van der Waals surface area contributed by atoms with Crippen molar-refractivity contribution < 1.29 is 38.0 Å². The molecule has 0 fully saturated rings. The summed E-state index contributed by atoms with van der Waals surface area (Å²) < 4.78 is 36.4. The predicted molar refractivity (Wildman–Crippen MR) is 271 cm³/mol. The minimum Gasteiger partial charge on any atom is -0.496 e. The van der Waals surface area contributed by atoms with E-state index in [1.165, 1.54) is 0 Å². The summed E-state index contributed by atoms with van der Waals surface area (Å²) in [5.41, 5.74) is 4.48. The van der Waals surface area contributed by atoms with Crippen molar-refractivity contribution in [1.82, 2.24) is 0 Å². The Morgan fingerprint density at radius 3 is 1.03 bits per heavy atom. The minimum absolute atomic E-state index is 0.0475. The molecule has 64 heavy (non-hydrogen) atoms. The summed E-state index contributed by atoms with van der Waals surface area (Å²) in [6, 6.07) is 16.4. The van der Waals surface area contributed by atoms with Gasteiger partial charge in [0, 0.05) is 33.4 Å². The van der Waals surface area contributed by atoms with Crippen molar-refractivity contribution in [3.63, 3.8) is 0 Å². The molecule has 0 bridgehead atoms. The van der Waals surface area contributed by atoms with Gasteiger partial charge in [-0.3, -0.25) is 0 Å². The number of carbonyl (C=O) groups excluding carboxylic acids is 2. The molecule has 4 atom stereocenters. The first-order valence-electron chi connectivity index (χ1n) is 21.9. The average molecular weight is 956 g/mol. The number of esters is 2. The van der Waals surface area contributed by atoms with Crippen LogP contribution < -0.4 is 40.2 Å². The fourth-order valence-electron chi connectivity index (χ4n) is 7.40. The number of benzene rings is 4. The van der Waals surface area contributed by atoms with Crippen LogP contribution >= 0.6 is 40.4 Å². The van der Waals surface area contributed by atoms with E-state index < -0.39 is 24.1 Å². The van der Waals surface area contributed by atoms with Gasteiger partial charge in [-0.1, -0.05) is 136 Å². The maximum absolute atomic E-state index is 13.3. The molecule has 0 spiro atoms. The Morgan fingerprint density at radius 2 is 0.797 bits per heavy atom. The molecule has 0 N–H and O–H groups in total. The molecule has 0 aromatic heterocycles. The normalized spacial score (nSPS) is 13.6. The highest BCUT2D eigenvalue weighted by Crippen LogP contribution is 2.48. The van der Waals surface area contributed by atoms with Gasteiger partial charge < -0.3 is 28.4 Å². The van der Waals surface area contributed by atoms with Crippen LogP contribution in [0.5, 0.6) is 23.0 Å². The van der Waals surface area contributed by atoms with Crippen molar-refractivity contribution in [2.45, 2.75) is 145 Å². The number of ether oxygens (including phenoxy) is 6. The van der Waals surface area contributed by atoms with Crippen LogP contribution in [-0.2, 0) is 40.7 Å². The zero-order valence-corrected chi connectivity index (χ0v) is 44.7. The van der Waals surface area contributed by atoms with Gasteiger partial charge in [-0.05, 0) is 107 Å². The molecule has 0 aliphatic heterocycles. The summed E-state index contributed by atoms with van der Waals surface area (Å²) in [5, 5.41) is 4.35. The third-order valence-corrected chi connectivity index (χ3v) is 13.8. The molecule has 350 valence electrons. The summed E-state index contributed by atoms with van der Waals surface area (Å²) in [7, 11) is 3.55. The van der Waals surface area contributed by atoms with Crippen molar-refractivity contribution in [2.75, 3.05) is 27.4 Å². The van der Waals surface area contributed by atoms with Crippen molar-refractivity contribution >= 4 is 73.5 Å². The third-order valence-electron chi connectivity index (χ3n) is 10.7. The topological polar surface area (TPSA) is 89.5 Å². The second-order valence-electron chi connectivity index (χ2n) is 20.1. The summed E-state index contributed by atoms with van der Waals surface area (Å²) in [6.45, 7) is 33.3. The molecule has 4 aromatic rings. The largest absolute Gasteiger partial charge is 0.496 e. The second kappa shape index (κ2) is 21.0. The molecule has 0 aliphatic rings. The highest BCUT2D eigenvalue weighted by atomic mass is 35.5. The standard InChI is InChI=1S/C52H70Cl2O8P2/c1-19-59-47(55)29(3)61-45-37(53)21-23-39(63-31-25-33(49(5,6)7)43(57-17)34(26-31)50(8,9)10)41(45)42-40(24-22-38(54)46(42)62-30(4)48(56)60-20-2)64-32-27-35(51(11,12)13)44(58-18)36(28-32)52(14,15)16/h21-30,63-64H,19-20H2,1-18H3. The molecule has 0 aliphatic carbocycles. The second-order valence-corrected chi connectivity index (χ2v) is 23.6. The lowest BCUT2D eigenvalue weighted by Crippen LogP contribution is -2.28. The molecule has 0 saturated carbocycles. The Bertz CT molecular complexity index is 2100. The van der Waals surface area contributed by atoms with E-state index in [-0.39, 0.29) is 73.6 Å². The summed E-state index contributed by atoms with van der Waals surface area (Å²) >= 11 is 14.4. The van der Waals surface area contributed by atoms with E-state index in [1.54, 1.807) is 54.0 Å². The van der Waals surface area contributed by atoms with Crippen molar-refractivity contribution in [2.24, 2.45) is 0 Å². The monoisotopic (exact) mass is 954 g/mol. The average Bonchev–Trinajstić information content (AvgIpc) is 3.18. The lowest BCUT2D eigenvalue weighted by molar-refractivity contribution is -0.151. The van der Waals surface area contributed by atoms with Crippen LogP contribution in [0.1, 0.15) is 133 Å². The molecule has 0 amide bonds. The Labute approximate surface area is 396 Å². The molecule has 0 saturated heterocycles. The molecule has 4 rings (SSSR count). The van der Waals surface area contributed by atoms with Crippen LogP contribution in [0.3, 0.4) is 0 Å². The molecule has 4 unspecified atom stereocenters. The minimum atomic E-state index is -1.03. The number of hydrogen-bond acceptors (Lipinski definition) is 8. The van der Waals surface area contributed by atoms with Gasteiger partial charge in [0.25, 0.3) is 0 Å². The highest BCUT2D eigenvalue weighted by molar-refractivity contribution is 7.56. The van der Waals surface area contributed by atoms with Gasteiger partial charge in [-0.25, -0.2) is 9.59 Å². The van der Waals surface area contributed by atoms with Crippen LogP contribution in [0.2, 0.25) is 10.0 Å². The smallest absolute Gasteiger partial charge is 0.347 e. The van der Waals surface area contributed by atoms with Crippen molar-refractivity contribution in [3.05, 3.63) is 80.8 Å². The first-order chi connectivity index (χ1) is 29.6. The lowest BCUT2D eigenvalue weighted by Gasteiger charge is -2.31. The fraction of sp³-hybridized carbons (Fsp3) is 0.500. The van der Waals surface area contributed by atoms with Gasteiger partial charge in [-0.2, -0.15) is 0 Å². The maximum Gasteiger partial charge on any atom is 0.347 e. The molecule has 0 heterocycles. The van der Waals surface area contributed by atoms with E-state index in [0.717, 1.165) is 55.0 Å². The van der Waals surface area contributed by atoms with E-state index >= 15 is 0 Å². The van der Waals surface area contributed by atoms with E-state index in [9.17, 15) is 9.59 Å². The van der Waals surface area contributed by atoms with Gasteiger partial charge in [0.05, 0.1) is 37.5 Å². The lowest BCUT2D eigenvalue weighted by atomic mass is 9.79. The Kier molecular flexibility index (Phi) is 17.4. The molecular weight excluding hydrogens is 885 g/mol. The molecule has 0 radical (unpaired) electrons. The van der Waals surface area contributed by atoms with Gasteiger partial charge in [-0.15, -0.1) is 0 Å². The van der Waals surface area contributed by atoms with Crippen molar-refractivity contribution in [3.8, 4) is 34.1 Å². The number of methoxy groups -OCH3 is 2. The fourth-order valence-corrected chi connectivity index (χ4v) is 10.4. The van der Waals surface area contributed by atoms with Crippen LogP contribution in [0.25, 0.3) is 11.1 Å². The van der Waals surface area contributed by atoms with Gasteiger partial charge in [0.15, 0.2) is 12.2 Å². The molecule has 12 heteroatoms. The molecular formula is C52H70Cl2O8P2. The Morgan fingerprint density at radius 1 is 0.516 bits per heavy atom. The summed E-state index contributed by atoms with van der Waals surface area (Å²) in [5.74, 6) is 1.16. The number of halogens is 2. The van der Waals surface area contributed by atoms with E-state index in [4.69, 9.17) is 51.6 Å². The quantitative estimate of drug-likeness (QED) is 0.0860. The highest BCUT2D eigenvalue weighted by Gasteiger charge is 2.33. The third kappa shape index (κ3) is 12.5. The van der Waals surface area contributed by atoms with E-state index in [2.05, 4.69) is 107 Å². The van der Waals surface area contributed by atoms with Crippen LogP contribution in [-0.4, -0.2) is 51.6 Å². The SMILES string of the molecule is CCOC(=O)C(C)Oc1c(Cl)ccc(Pc2cc(C(C)(C)C)c(OC)c(C(C)(C)C)c2)c1-c1c(Pc2cc(C(C)(C)C)c(OC)c(C(C)(C)C)c2)ccc(Cl)c1OC(C)C(=O)OCC. The molecule has 8 nitrogen and oxygen atoms in total.